The Morgan fingerprint density at radius 3 is 2.74 bits per heavy atom. The maximum Gasteiger partial charge on any atom is 0.216 e. The summed E-state index contributed by atoms with van der Waals surface area (Å²) in [5, 5.41) is 10.4. The van der Waals surface area contributed by atoms with Crippen LogP contribution in [0.5, 0.6) is 0 Å². The molecule has 0 radical (unpaired) electrons. The van der Waals surface area contributed by atoms with Crippen molar-refractivity contribution in [1.82, 2.24) is 35.4 Å². The highest BCUT2D eigenvalue weighted by molar-refractivity contribution is 14.0. The van der Waals surface area contributed by atoms with E-state index in [9.17, 15) is 0 Å². The summed E-state index contributed by atoms with van der Waals surface area (Å²) in [4.78, 5) is 19.0. The number of imidazole rings is 1. The Hall–Kier alpha value is -3.15. The van der Waals surface area contributed by atoms with Gasteiger partial charge >= 0.3 is 0 Å². The highest BCUT2D eigenvalue weighted by atomic mass is 127. The standard InChI is InChI=1S/C21H24N8O.HI/c1-3-22-21(24-13-18-26-20(28-27-18)17-10-7-11-30-17)29(2)14-19-23-12-16(25-19)15-8-5-4-6-9-15;/h4-12H,3,13-14H2,1-2H3,(H,22,24)(H,23,25)(H,26,27,28);1H. The molecule has 0 atom stereocenters. The SMILES string of the molecule is CCNC(=NCc1nc(-c2ccco2)n[nH]1)N(C)Cc1ncc(-c2ccccc2)[nH]1.I. The lowest BCUT2D eigenvalue weighted by molar-refractivity contribution is 0.463. The van der Waals surface area contributed by atoms with Crippen LogP contribution in [0.2, 0.25) is 0 Å². The zero-order valence-corrected chi connectivity index (χ0v) is 19.7. The molecule has 9 nitrogen and oxygen atoms in total. The highest BCUT2D eigenvalue weighted by Gasteiger charge is 2.12. The van der Waals surface area contributed by atoms with Gasteiger partial charge in [-0.3, -0.25) is 5.10 Å². The van der Waals surface area contributed by atoms with Crippen molar-refractivity contribution in [3.63, 3.8) is 0 Å². The fraction of sp³-hybridized carbons (Fsp3) is 0.238. The summed E-state index contributed by atoms with van der Waals surface area (Å²) in [5.41, 5.74) is 2.10. The molecule has 0 aliphatic rings. The first-order valence-electron chi connectivity index (χ1n) is 9.77. The molecule has 3 heterocycles. The van der Waals surface area contributed by atoms with Crippen LogP contribution in [0.1, 0.15) is 18.6 Å². The van der Waals surface area contributed by atoms with Gasteiger partial charge in [-0.15, -0.1) is 29.1 Å². The molecular weight excluding hydrogens is 507 g/mol. The van der Waals surface area contributed by atoms with Gasteiger partial charge in [-0.2, -0.15) is 0 Å². The monoisotopic (exact) mass is 532 g/mol. The Morgan fingerprint density at radius 2 is 2.00 bits per heavy atom. The zero-order chi connectivity index (χ0) is 20.8. The van der Waals surface area contributed by atoms with E-state index >= 15 is 0 Å². The van der Waals surface area contributed by atoms with E-state index in [2.05, 4.69) is 47.6 Å². The topological polar surface area (TPSA) is 111 Å². The van der Waals surface area contributed by atoms with Gasteiger partial charge in [0.15, 0.2) is 11.7 Å². The van der Waals surface area contributed by atoms with Crippen molar-refractivity contribution in [1.29, 1.82) is 0 Å². The van der Waals surface area contributed by atoms with Gasteiger partial charge in [0.1, 0.15) is 18.2 Å². The van der Waals surface area contributed by atoms with Gasteiger partial charge in [-0.1, -0.05) is 30.3 Å². The van der Waals surface area contributed by atoms with Crippen LogP contribution in [-0.2, 0) is 13.1 Å². The van der Waals surface area contributed by atoms with Crippen LogP contribution >= 0.6 is 24.0 Å². The van der Waals surface area contributed by atoms with Crippen molar-refractivity contribution in [2.75, 3.05) is 13.6 Å². The summed E-state index contributed by atoms with van der Waals surface area (Å²) in [6.07, 6.45) is 3.45. The molecule has 0 bridgehead atoms. The van der Waals surface area contributed by atoms with Gasteiger partial charge in [0.05, 0.1) is 24.7 Å². The van der Waals surface area contributed by atoms with Gasteiger partial charge in [-0.05, 0) is 24.6 Å². The molecule has 0 spiro atoms. The fourth-order valence-electron chi connectivity index (χ4n) is 3.01. The Morgan fingerprint density at radius 1 is 1.16 bits per heavy atom. The van der Waals surface area contributed by atoms with Crippen LogP contribution in [0.25, 0.3) is 22.8 Å². The summed E-state index contributed by atoms with van der Waals surface area (Å²) in [6, 6.07) is 13.8. The molecule has 0 unspecified atom stereocenters. The smallest absolute Gasteiger partial charge is 0.216 e. The molecule has 10 heteroatoms. The number of aromatic nitrogens is 5. The molecule has 4 aromatic rings. The van der Waals surface area contributed by atoms with Gasteiger partial charge in [0.2, 0.25) is 5.82 Å². The lowest BCUT2D eigenvalue weighted by atomic mass is 10.2. The normalized spacial score (nSPS) is 11.2. The third kappa shape index (κ3) is 5.72. The summed E-state index contributed by atoms with van der Waals surface area (Å²) >= 11 is 0. The molecule has 0 saturated heterocycles. The molecule has 4 rings (SSSR count). The molecule has 0 aliphatic carbocycles. The second-order valence-electron chi connectivity index (χ2n) is 6.72. The van der Waals surface area contributed by atoms with Crippen molar-refractivity contribution in [3.8, 4) is 22.8 Å². The third-order valence-electron chi connectivity index (χ3n) is 4.45. The van der Waals surface area contributed by atoms with Crippen molar-refractivity contribution < 1.29 is 4.42 Å². The predicted molar refractivity (Wildman–Crippen MR) is 130 cm³/mol. The molecule has 0 fully saturated rings. The van der Waals surface area contributed by atoms with Crippen LogP contribution in [-0.4, -0.2) is 49.6 Å². The Kier molecular flexibility index (Phi) is 7.82. The zero-order valence-electron chi connectivity index (χ0n) is 17.4. The lowest BCUT2D eigenvalue weighted by Crippen LogP contribution is -2.38. The van der Waals surface area contributed by atoms with Crippen LogP contribution < -0.4 is 5.32 Å². The van der Waals surface area contributed by atoms with E-state index in [1.807, 2.05) is 49.3 Å². The number of nitrogens with zero attached hydrogens (tertiary/aromatic N) is 5. The Labute approximate surface area is 197 Å². The first-order chi connectivity index (χ1) is 14.7. The quantitative estimate of drug-likeness (QED) is 0.190. The number of hydrogen-bond acceptors (Lipinski definition) is 5. The van der Waals surface area contributed by atoms with E-state index in [-0.39, 0.29) is 24.0 Å². The van der Waals surface area contributed by atoms with E-state index < -0.39 is 0 Å². The average Bonchev–Trinajstić information content (AvgIpc) is 3.53. The van der Waals surface area contributed by atoms with Gasteiger partial charge in [-0.25, -0.2) is 15.0 Å². The number of aliphatic imine (C=N–C) groups is 1. The number of benzene rings is 1. The summed E-state index contributed by atoms with van der Waals surface area (Å²) < 4.78 is 5.32. The number of aromatic amines is 2. The molecule has 0 amide bonds. The minimum Gasteiger partial charge on any atom is -0.461 e. The first kappa shape index (κ1) is 22.5. The van der Waals surface area contributed by atoms with E-state index in [0.29, 0.717) is 30.5 Å². The number of nitrogens with one attached hydrogen (secondary N) is 3. The maximum atomic E-state index is 5.32. The predicted octanol–water partition coefficient (Wildman–Crippen LogP) is 3.67. The molecular formula is C21H25IN8O. The second-order valence-corrected chi connectivity index (χ2v) is 6.72. The van der Waals surface area contributed by atoms with E-state index in [4.69, 9.17) is 4.42 Å². The maximum absolute atomic E-state index is 5.32. The largest absolute Gasteiger partial charge is 0.461 e. The fourth-order valence-corrected chi connectivity index (χ4v) is 3.01. The number of furan rings is 1. The number of halogens is 1. The summed E-state index contributed by atoms with van der Waals surface area (Å²) in [6.45, 7) is 3.75. The van der Waals surface area contributed by atoms with Crippen molar-refractivity contribution in [2.45, 2.75) is 20.0 Å². The van der Waals surface area contributed by atoms with E-state index in [1.165, 1.54) is 0 Å². The molecule has 162 valence electrons. The van der Waals surface area contributed by atoms with Crippen LogP contribution in [0.15, 0.2) is 64.3 Å². The van der Waals surface area contributed by atoms with Gasteiger partial charge < -0.3 is 19.6 Å². The highest BCUT2D eigenvalue weighted by Crippen LogP contribution is 2.17. The van der Waals surface area contributed by atoms with Crippen molar-refractivity contribution in [3.05, 3.63) is 66.6 Å². The minimum absolute atomic E-state index is 0. The molecule has 3 N–H and O–H groups in total. The lowest BCUT2D eigenvalue weighted by Gasteiger charge is -2.20. The second kappa shape index (κ2) is 10.8. The van der Waals surface area contributed by atoms with Crippen LogP contribution in [0, 0.1) is 0 Å². The van der Waals surface area contributed by atoms with Crippen LogP contribution in [0.4, 0.5) is 0 Å². The van der Waals surface area contributed by atoms with E-state index in [0.717, 1.165) is 29.6 Å². The molecule has 1 aromatic carbocycles. The molecule has 3 aromatic heterocycles. The van der Waals surface area contributed by atoms with Gasteiger partial charge in [0.25, 0.3) is 0 Å². The summed E-state index contributed by atoms with van der Waals surface area (Å²) in [7, 11) is 1.97. The minimum atomic E-state index is 0. The molecule has 31 heavy (non-hydrogen) atoms. The number of rotatable bonds is 7. The number of guanidine groups is 1. The molecule has 0 saturated carbocycles. The van der Waals surface area contributed by atoms with Gasteiger partial charge in [0, 0.05) is 13.6 Å². The van der Waals surface area contributed by atoms with Crippen molar-refractivity contribution >= 4 is 29.9 Å². The average molecular weight is 532 g/mol. The first-order valence-corrected chi connectivity index (χ1v) is 9.77. The third-order valence-corrected chi connectivity index (χ3v) is 4.45. The van der Waals surface area contributed by atoms with Crippen molar-refractivity contribution in [2.24, 2.45) is 4.99 Å². The number of H-pyrrole nitrogens is 2. The van der Waals surface area contributed by atoms with Crippen LogP contribution in [0.3, 0.4) is 0 Å². The Balaban J connectivity index is 0.00000272. The molecule has 0 aliphatic heterocycles. The number of hydrogen-bond donors (Lipinski definition) is 3. The Bertz CT molecular complexity index is 1090. The van der Waals surface area contributed by atoms with E-state index in [1.54, 1.807) is 12.3 Å². The summed E-state index contributed by atoms with van der Waals surface area (Å²) in [5.74, 6) is 3.42.